The Kier molecular flexibility index (Phi) is 16.0. The van der Waals surface area contributed by atoms with Crippen molar-refractivity contribution in [1.82, 2.24) is 35.3 Å². The third-order valence-corrected chi connectivity index (χ3v) is 5.81. The second-order valence-electron chi connectivity index (χ2n) is 9.47. The molecule has 1 amide bonds. The molecule has 4 rings (SSSR count). The number of nitrogens with two attached hydrogens (primary N) is 1. The number of carbonyl (C=O) groups excluding carboxylic acids is 2. The van der Waals surface area contributed by atoms with Gasteiger partial charge in [0.2, 0.25) is 11.1 Å². The first kappa shape index (κ1) is 34.2. The van der Waals surface area contributed by atoms with Crippen LogP contribution in [0.2, 0.25) is 0 Å². The maximum atomic E-state index is 11.3. The number of nitrogens with zero attached hydrogens (tertiary/aromatic N) is 6. The van der Waals surface area contributed by atoms with Gasteiger partial charge in [-0.3, -0.25) is 19.0 Å². The van der Waals surface area contributed by atoms with Crippen molar-refractivity contribution >= 4 is 22.8 Å². The van der Waals surface area contributed by atoms with Crippen molar-refractivity contribution in [2.24, 2.45) is 5.73 Å². The van der Waals surface area contributed by atoms with E-state index in [1.165, 1.54) is 0 Å². The highest BCUT2D eigenvalue weighted by atomic mass is 35.5. The number of hydrogen-bond acceptors (Lipinski definition) is 11. The fraction of sp³-hybridized carbons (Fsp3) is 0.615. The fourth-order valence-corrected chi connectivity index (χ4v) is 2.90. The lowest BCUT2D eigenvalue weighted by Gasteiger charge is -2.25. The molecule has 0 saturated carbocycles. The Hall–Kier alpha value is -3.01. The lowest BCUT2D eigenvalue weighted by atomic mass is 10.3. The number of allylic oxidation sites excluding steroid dienone is 1. The van der Waals surface area contributed by atoms with Gasteiger partial charge in [0.05, 0.1) is 52.0 Å². The van der Waals surface area contributed by atoms with Crippen molar-refractivity contribution in [2.75, 3.05) is 39.5 Å². The summed E-state index contributed by atoms with van der Waals surface area (Å²) in [5.41, 5.74) is 7.98. The molecule has 0 aromatic carbocycles. The standard InChI is InChI=1S/C13H20N4O3.C9H16N4O2.C4H5ClO.H2/c1-10(2)13(18)14-4-3-5-17-6-11(15-16-17)7-20-12-8-19-9-12;10-2-1-3-13-4-8(11-12-13)5-15-9-6-14-7-9;1-3(2)4(5)6;/h6,12H,1,3-5,7-9H2,2H3,(H,14,18);4,9H,1-3,5-7,10H2;1H2,2H3;1H. The zero-order valence-electron chi connectivity index (χ0n) is 23.8. The Balaban J connectivity index is 0.000000354. The number of halogens is 1. The van der Waals surface area contributed by atoms with Gasteiger partial charge in [0.15, 0.2) is 0 Å². The van der Waals surface area contributed by atoms with Crippen molar-refractivity contribution in [1.29, 1.82) is 0 Å². The van der Waals surface area contributed by atoms with Crippen LogP contribution in [0.4, 0.5) is 0 Å². The molecule has 0 radical (unpaired) electrons. The molecule has 2 aromatic rings. The second-order valence-corrected chi connectivity index (χ2v) is 9.82. The molecule has 4 heterocycles. The average molecular weight is 599 g/mol. The maximum Gasteiger partial charge on any atom is 0.247 e. The van der Waals surface area contributed by atoms with Crippen LogP contribution in [0.25, 0.3) is 0 Å². The van der Waals surface area contributed by atoms with Gasteiger partial charge in [0, 0.05) is 32.2 Å². The van der Waals surface area contributed by atoms with Gasteiger partial charge in [-0.1, -0.05) is 23.6 Å². The van der Waals surface area contributed by atoms with Crippen LogP contribution >= 0.6 is 11.6 Å². The molecule has 2 aromatic heterocycles. The highest BCUT2D eigenvalue weighted by molar-refractivity contribution is 6.67. The van der Waals surface area contributed by atoms with Gasteiger partial charge in [-0.15, -0.1) is 10.2 Å². The SMILES string of the molecule is C=C(C)C(=O)Cl.C=C(C)C(=O)NCCCn1cc(COC2COC2)nn1.NCCCn1cc(COC2COC2)nn1.[HH]. The summed E-state index contributed by atoms with van der Waals surface area (Å²) in [6, 6.07) is 0. The predicted molar refractivity (Wildman–Crippen MR) is 153 cm³/mol. The van der Waals surface area contributed by atoms with E-state index in [4.69, 9.17) is 36.3 Å². The van der Waals surface area contributed by atoms with Crippen LogP contribution in [-0.2, 0) is 54.8 Å². The van der Waals surface area contributed by atoms with Gasteiger partial charge in [-0.2, -0.15) is 0 Å². The maximum absolute atomic E-state index is 11.3. The summed E-state index contributed by atoms with van der Waals surface area (Å²) in [6.07, 6.45) is 5.89. The zero-order chi connectivity index (χ0) is 30.0. The minimum absolute atomic E-state index is 0. The normalized spacial score (nSPS) is 14.4. The van der Waals surface area contributed by atoms with E-state index in [9.17, 15) is 9.59 Å². The van der Waals surface area contributed by atoms with E-state index in [2.05, 4.69) is 39.1 Å². The molecule has 0 atom stereocenters. The Morgan fingerprint density at radius 3 is 1.80 bits per heavy atom. The largest absolute Gasteiger partial charge is 0.376 e. The van der Waals surface area contributed by atoms with E-state index in [-0.39, 0.29) is 19.5 Å². The summed E-state index contributed by atoms with van der Waals surface area (Å²) in [4.78, 5) is 21.1. The van der Waals surface area contributed by atoms with Crippen molar-refractivity contribution < 1.29 is 30.0 Å². The van der Waals surface area contributed by atoms with Crippen molar-refractivity contribution in [2.45, 2.75) is 65.2 Å². The molecule has 2 aliphatic rings. The van der Waals surface area contributed by atoms with E-state index in [0.29, 0.717) is 70.4 Å². The fourth-order valence-electron chi connectivity index (χ4n) is 2.90. The summed E-state index contributed by atoms with van der Waals surface area (Å²) in [5, 5.41) is 18.3. The Morgan fingerprint density at radius 1 is 0.976 bits per heavy atom. The van der Waals surface area contributed by atoms with E-state index < -0.39 is 5.24 Å². The van der Waals surface area contributed by atoms with E-state index in [0.717, 1.165) is 30.8 Å². The van der Waals surface area contributed by atoms with Crippen molar-refractivity contribution in [3.63, 3.8) is 0 Å². The van der Waals surface area contributed by atoms with E-state index in [1.54, 1.807) is 23.2 Å². The number of carbonyl (C=O) groups is 2. The van der Waals surface area contributed by atoms with Crippen LogP contribution < -0.4 is 11.1 Å². The van der Waals surface area contributed by atoms with Crippen LogP contribution in [0.15, 0.2) is 36.7 Å². The molecule has 2 fully saturated rings. The molecule has 14 nitrogen and oxygen atoms in total. The van der Waals surface area contributed by atoms with E-state index >= 15 is 0 Å². The van der Waals surface area contributed by atoms with Crippen LogP contribution in [-0.4, -0.2) is 92.9 Å². The Morgan fingerprint density at radius 2 is 1.44 bits per heavy atom. The molecule has 0 bridgehead atoms. The number of aryl methyl sites for hydroxylation is 2. The summed E-state index contributed by atoms with van der Waals surface area (Å²) in [6.45, 7) is 16.6. The number of nitrogens with one attached hydrogen (secondary N) is 1. The van der Waals surface area contributed by atoms with Gasteiger partial charge >= 0.3 is 0 Å². The first-order valence-electron chi connectivity index (χ1n) is 13.3. The highest BCUT2D eigenvalue weighted by Gasteiger charge is 2.20. The lowest BCUT2D eigenvalue weighted by molar-refractivity contribution is -0.135. The summed E-state index contributed by atoms with van der Waals surface area (Å²) in [5.74, 6) is -0.111. The number of aromatic nitrogens is 6. The Labute approximate surface area is 246 Å². The van der Waals surface area contributed by atoms with Crippen molar-refractivity contribution in [3.8, 4) is 0 Å². The molecular weight excluding hydrogens is 556 g/mol. The molecule has 2 aliphatic heterocycles. The summed E-state index contributed by atoms with van der Waals surface area (Å²) >= 11 is 4.87. The monoisotopic (exact) mass is 598 g/mol. The number of hydrogen-bond donors (Lipinski definition) is 2. The molecule has 3 N–H and O–H groups in total. The predicted octanol–water partition coefficient (Wildman–Crippen LogP) is 1.39. The van der Waals surface area contributed by atoms with Gasteiger partial charge in [-0.05, 0) is 44.8 Å². The third-order valence-electron chi connectivity index (χ3n) is 5.49. The Bertz CT molecular complexity index is 1090. The quantitative estimate of drug-likeness (QED) is 0.172. The topological polar surface area (TPSA) is 171 Å². The van der Waals surface area contributed by atoms with Gasteiger partial charge in [0.25, 0.3) is 0 Å². The molecule has 15 heteroatoms. The zero-order valence-corrected chi connectivity index (χ0v) is 24.6. The van der Waals surface area contributed by atoms with Gasteiger partial charge in [-0.25, -0.2) is 0 Å². The van der Waals surface area contributed by atoms with Crippen LogP contribution in [0.5, 0.6) is 0 Å². The highest BCUT2D eigenvalue weighted by Crippen LogP contribution is 2.09. The summed E-state index contributed by atoms with van der Waals surface area (Å²) in [7, 11) is 0. The molecule has 0 unspecified atom stereocenters. The smallest absolute Gasteiger partial charge is 0.247 e. The van der Waals surface area contributed by atoms with Gasteiger partial charge < -0.3 is 30.0 Å². The average Bonchev–Trinajstić information content (AvgIpc) is 3.53. The molecule has 0 spiro atoms. The number of rotatable bonds is 15. The first-order valence-corrected chi connectivity index (χ1v) is 13.7. The molecular formula is C26H43ClN8O6. The molecule has 230 valence electrons. The van der Waals surface area contributed by atoms with Crippen LogP contribution in [0, 0.1) is 0 Å². The second kappa shape index (κ2) is 19.2. The third kappa shape index (κ3) is 14.4. The number of ether oxygens (including phenoxy) is 4. The lowest BCUT2D eigenvalue weighted by Crippen LogP contribution is -2.35. The van der Waals surface area contributed by atoms with Crippen LogP contribution in [0.3, 0.4) is 0 Å². The van der Waals surface area contributed by atoms with E-state index in [1.807, 2.05) is 12.4 Å². The minimum atomic E-state index is -0.463. The van der Waals surface area contributed by atoms with Crippen LogP contribution in [0.1, 0.15) is 39.5 Å². The van der Waals surface area contributed by atoms with Gasteiger partial charge in [0.1, 0.15) is 23.6 Å². The summed E-state index contributed by atoms with van der Waals surface area (Å²) < 4.78 is 24.6. The molecule has 0 aliphatic carbocycles. The van der Waals surface area contributed by atoms with Crippen molar-refractivity contribution in [3.05, 3.63) is 48.1 Å². The molecule has 41 heavy (non-hydrogen) atoms. The minimum Gasteiger partial charge on any atom is -0.376 e. The first-order chi connectivity index (χ1) is 19.7. The number of amides is 1. The molecule has 2 saturated heterocycles.